The molecule has 0 radical (unpaired) electrons. The standard InChI is InChI=1S/C18H25N3O3S/c22-18(20-12-6-2-1-3-7-12)21-13-10-23-17-14(11-24-16(13)17)25-15-8-4-5-9-19-15/h4-5,8-9,12-14,16-17H,1-3,6-7,10-11H2,(H2,20,21,22)/t13-,14-,16+,17+/m0/s1. The Labute approximate surface area is 152 Å². The van der Waals surface area contributed by atoms with Crippen molar-refractivity contribution in [2.24, 2.45) is 0 Å². The molecule has 1 saturated carbocycles. The van der Waals surface area contributed by atoms with E-state index in [4.69, 9.17) is 9.47 Å². The summed E-state index contributed by atoms with van der Waals surface area (Å²) >= 11 is 1.69. The quantitative estimate of drug-likeness (QED) is 0.859. The van der Waals surface area contributed by atoms with E-state index in [1.165, 1.54) is 19.3 Å². The Balaban J connectivity index is 1.28. The summed E-state index contributed by atoms with van der Waals surface area (Å²) in [6, 6.07) is 6.03. The number of rotatable bonds is 4. The molecule has 3 aliphatic rings. The summed E-state index contributed by atoms with van der Waals surface area (Å²) in [6.07, 6.45) is 7.59. The highest BCUT2D eigenvalue weighted by molar-refractivity contribution is 8.00. The largest absolute Gasteiger partial charge is 0.372 e. The summed E-state index contributed by atoms with van der Waals surface area (Å²) in [5.74, 6) is 0. The normalized spacial score (nSPS) is 32.3. The second kappa shape index (κ2) is 7.93. The van der Waals surface area contributed by atoms with Crippen LogP contribution >= 0.6 is 11.8 Å². The van der Waals surface area contributed by atoms with Crippen molar-refractivity contribution in [2.45, 2.75) is 66.7 Å². The SMILES string of the molecule is O=C(NC1CCCCC1)N[C@H]1CO[C@H]2[C@@H]1OC[C@@H]2Sc1ccccn1. The summed E-state index contributed by atoms with van der Waals surface area (Å²) in [5.41, 5.74) is 0. The minimum absolute atomic E-state index is 0.00647. The van der Waals surface area contributed by atoms with Crippen LogP contribution in [0.25, 0.3) is 0 Å². The van der Waals surface area contributed by atoms with Crippen molar-refractivity contribution in [3.63, 3.8) is 0 Å². The van der Waals surface area contributed by atoms with E-state index in [1.54, 1.807) is 18.0 Å². The van der Waals surface area contributed by atoms with Gasteiger partial charge in [0.2, 0.25) is 0 Å². The Hall–Kier alpha value is -1.31. The van der Waals surface area contributed by atoms with Crippen LogP contribution in [0.2, 0.25) is 0 Å². The third-order valence-corrected chi connectivity index (χ3v) is 6.36. The lowest BCUT2D eigenvalue weighted by Crippen LogP contribution is -2.51. The van der Waals surface area contributed by atoms with Gasteiger partial charge in [0.15, 0.2) is 0 Å². The average molecular weight is 363 g/mol. The number of carbonyl (C=O) groups is 1. The third-order valence-electron chi connectivity index (χ3n) is 5.17. The molecule has 6 nitrogen and oxygen atoms in total. The number of hydrogen-bond donors (Lipinski definition) is 2. The highest BCUT2D eigenvalue weighted by Crippen LogP contribution is 2.36. The molecule has 1 aromatic rings. The monoisotopic (exact) mass is 363 g/mol. The molecular weight excluding hydrogens is 338 g/mol. The molecule has 2 amide bonds. The van der Waals surface area contributed by atoms with Crippen molar-refractivity contribution < 1.29 is 14.3 Å². The molecule has 0 spiro atoms. The van der Waals surface area contributed by atoms with E-state index in [0.717, 1.165) is 17.9 Å². The number of carbonyl (C=O) groups excluding carboxylic acids is 1. The van der Waals surface area contributed by atoms with Crippen LogP contribution < -0.4 is 10.6 Å². The molecule has 1 aliphatic carbocycles. The van der Waals surface area contributed by atoms with Gasteiger partial charge in [0.25, 0.3) is 0 Å². The van der Waals surface area contributed by atoms with Gasteiger partial charge < -0.3 is 20.1 Å². The lowest BCUT2D eigenvalue weighted by atomic mass is 9.96. The molecule has 0 bridgehead atoms. The fourth-order valence-electron chi connectivity index (χ4n) is 3.90. The number of pyridine rings is 1. The number of thioether (sulfide) groups is 1. The fourth-order valence-corrected chi connectivity index (χ4v) is 5.01. The number of ether oxygens (including phenoxy) is 2. The first kappa shape index (κ1) is 17.1. The average Bonchev–Trinajstić information content (AvgIpc) is 3.21. The van der Waals surface area contributed by atoms with E-state index in [0.29, 0.717) is 19.3 Å². The topological polar surface area (TPSA) is 72.5 Å². The molecular formula is C18H25N3O3S. The number of nitrogens with zero attached hydrogens (tertiary/aromatic N) is 1. The van der Waals surface area contributed by atoms with Crippen LogP contribution in [-0.4, -0.2) is 53.8 Å². The molecule has 2 N–H and O–H groups in total. The van der Waals surface area contributed by atoms with E-state index in [1.807, 2.05) is 18.2 Å². The zero-order chi connectivity index (χ0) is 17.1. The summed E-state index contributed by atoms with van der Waals surface area (Å²) in [4.78, 5) is 16.6. The Kier molecular flexibility index (Phi) is 5.43. The summed E-state index contributed by atoms with van der Waals surface area (Å²) in [5, 5.41) is 7.35. The van der Waals surface area contributed by atoms with Crippen LogP contribution in [0.5, 0.6) is 0 Å². The Morgan fingerprint density at radius 2 is 1.92 bits per heavy atom. The van der Waals surface area contributed by atoms with Gasteiger partial charge in [0, 0.05) is 12.2 Å². The van der Waals surface area contributed by atoms with Gasteiger partial charge >= 0.3 is 6.03 Å². The minimum Gasteiger partial charge on any atom is -0.372 e. The molecule has 2 aliphatic heterocycles. The van der Waals surface area contributed by atoms with E-state index >= 15 is 0 Å². The van der Waals surface area contributed by atoms with Crippen LogP contribution in [0, 0.1) is 0 Å². The molecule has 4 rings (SSSR count). The lowest BCUT2D eigenvalue weighted by Gasteiger charge is -2.24. The highest BCUT2D eigenvalue weighted by Gasteiger charge is 2.48. The summed E-state index contributed by atoms with van der Waals surface area (Å²) in [7, 11) is 0. The van der Waals surface area contributed by atoms with Crippen LogP contribution in [0.4, 0.5) is 4.79 Å². The molecule has 1 aromatic heterocycles. The number of urea groups is 1. The Morgan fingerprint density at radius 3 is 2.72 bits per heavy atom. The van der Waals surface area contributed by atoms with Gasteiger partial charge in [-0.1, -0.05) is 37.1 Å². The molecule has 2 saturated heterocycles. The first-order valence-electron chi connectivity index (χ1n) is 9.17. The predicted octanol–water partition coefficient (Wildman–Crippen LogP) is 2.34. The van der Waals surface area contributed by atoms with Crippen molar-refractivity contribution in [2.75, 3.05) is 13.2 Å². The molecule has 3 fully saturated rings. The molecule has 0 unspecified atom stereocenters. The van der Waals surface area contributed by atoms with E-state index in [-0.39, 0.29) is 29.5 Å². The second-order valence-corrected chi connectivity index (χ2v) is 8.24. The zero-order valence-electron chi connectivity index (χ0n) is 14.2. The third kappa shape index (κ3) is 4.10. The van der Waals surface area contributed by atoms with Gasteiger partial charge in [-0.05, 0) is 25.0 Å². The van der Waals surface area contributed by atoms with Crippen LogP contribution in [0.1, 0.15) is 32.1 Å². The molecule has 0 aromatic carbocycles. The van der Waals surface area contributed by atoms with Crippen molar-refractivity contribution in [3.05, 3.63) is 24.4 Å². The zero-order valence-corrected chi connectivity index (χ0v) is 15.0. The van der Waals surface area contributed by atoms with Crippen molar-refractivity contribution in [1.82, 2.24) is 15.6 Å². The molecule has 7 heteroatoms. The van der Waals surface area contributed by atoms with Gasteiger partial charge in [-0.25, -0.2) is 9.78 Å². The van der Waals surface area contributed by atoms with E-state index in [9.17, 15) is 4.79 Å². The molecule has 4 atom stereocenters. The Morgan fingerprint density at radius 1 is 1.08 bits per heavy atom. The number of amides is 2. The van der Waals surface area contributed by atoms with Gasteiger partial charge in [0.1, 0.15) is 12.2 Å². The summed E-state index contributed by atoms with van der Waals surface area (Å²) in [6.45, 7) is 1.13. The van der Waals surface area contributed by atoms with Gasteiger partial charge in [-0.3, -0.25) is 0 Å². The maximum atomic E-state index is 12.3. The van der Waals surface area contributed by atoms with Crippen LogP contribution in [0.3, 0.4) is 0 Å². The first-order valence-corrected chi connectivity index (χ1v) is 10.1. The summed E-state index contributed by atoms with van der Waals surface area (Å²) < 4.78 is 11.9. The molecule has 3 heterocycles. The van der Waals surface area contributed by atoms with Gasteiger partial charge in [-0.2, -0.15) is 0 Å². The van der Waals surface area contributed by atoms with Crippen molar-refractivity contribution in [1.29, 1.82) is 0 Å². The van der Waals surface area contributed by atoms with Crippen LogP contribution in [-0.2, 0) is 9.47 Å². The lowest BCUT2D eigenvalue weighted by molar-refractivity contribution is 0.0693. The molecule has 136 valence electrons. The van der Waals surface area contributed by atoms with Crippen molar-refractivity contribution >= 4 is 17.8 Å². The Bertz CT molecular complexity index is 582. The van der Waals surface area contributed by atoms with Crippen molar-refractivity contribution in [3.8, 4) is 0 Å². The van der Waals surface area contributed by atoms with Gasteiger partial charge in [0.05, 0.1) is 29.5 Å². The number of aromatic nitrogens is 1. The van der Waals surface area contributed by atoms with Crippen LogP contribution in [0.15, 0.2) is 29.4 Å². The number of fused-ring (bicyclic) bond motifs is 1. The molecule has 25 heavy (non-hydrogen) atoms. The van der Waals surface area contributed by atoms with Gasteiger partial charge in [-0.15, -0.1) is 0 Å². The maximum Gasteiger partial charge on any atom is 0.315 e. The van der Waals surface area contributed by atoms with E-state index < -0.39 is 0 Å². The number of hydrogen-bond acceptors (Lipinski definition) is 5. The van der Waals surface area contributed by atoms with E-state index in [2.05, 4.69) is 15.6 Å². The smallest absolute Gasteiger partial charge is 0.315 e. The highest BCUT2D eigenvalue weighted by atomic mass is 32.2. The predicted molar refractivity (Wildman–Crippen MR) is 95.7 cm³/mol. The number of nitrogens with one attached hydrogen (secondary N) is 2. The minimum atomic E-state index is -0.0921. The second-order valence-electron chi connectivity index (χ2n) is 6.98. The first-order chi connectivity index (χ1) is 12.3. The fraction of sp³-hybridized carbons (Fsp3) is 0.667. The maximum absolute atomic E-state index is 12.3.